The number of carbonyl (C=O) groups excluding carboxylic acids is 1. The summed E-state index contributed by atoms with van der Waals surface area (Å²) in [5, 5.41) is 10.7. The number of amides is 1. The van der Waals surface area contributed by atoms with E-state index in [1.807, 2.05) is 60.3 Å². The number of hydrogen-bond donors (Lipinski definition) is 2. The van der Waals surface area contributed by atoms with E-state index in [0.29, 0.717) is 12.2 Å². The monoisotopic (exact) mass is 394 g/mol. The fourth-order valence-electron chi connectivity index (χ4n) is 3.39. The number of rotatable bonds is 6. The van der Waals surface area contributed by atoms with Crippen LogP contribution in [-0.4, -0.2) is 34.3 Å². The van der Waals surface area contributed by atoms with Crippen molar-refractivity contribution in [2.75, 3.05) is 13.7 Å². The zero-order valence-corrected chi connectivity index (χ0v) is 16.8. The topological polar surface area (TPSA) is 71.9 Å². The average Bonchev–Trinajstić information content (AvgIpc) is 3.41. The zero-order valence-electron chi connectivity index (χ0n) is 16.0. The summed E-state index contributed by atoms with van der Waals surface area (Å²) < 4.78 is 7.23. The molecule has 0 saturated heterocycles. The van der Waals surface area contributed by atoms with Gasteiger partial charge in [-0.25, -0.2) is 0 Å². The van der Waals surface area contributed by atoms with Crippen molar-refractivity contribution < 1.29 is 9.53 Å². The zero-order chi connectivity index (χ0) is 19.7. The molecule has 28 heavy (non-hydrogen) atoms. The molecule has 1 amide bonds. The maximum atomic E-state index is 12.8. The standard InChI is InChI=1S/C21H22N4O2S/c1-13-9-14(2)25(24-13)19(20-5-4-8-28-20)12-22-21(26)18-10-15-6-7-16(27-3)11-17(15)23-18/h4-11,19,23H,12H2,1-3H3,(H,22,26). The largest absolute Gasteiger partial charge is 0.497 e. The van der Waals surface area contributed by atoms with E-state index in [1.165, 1.54) is 0 Å². The highest BCUT2D eigenvalue weighted by Crippen LogP contribution is 2.25. The Labute approximate surface area is 167 Å². The second kappa shape index (κ2) is 7.52. The molecule has 0 saturated carbocycles. The third-order valence-electron chi connectivity index (χ3n) is 4.74. The Morgan fingerprint density at radius 2 is 2.14 bits per heavy atom. The van der Waals surface area contributed by atoms with Crippen LogP contribution in [0.5, 0.6) is 5.75 Å². The summed E-state index contributed by atoms with van der Waals surface area (Å²) in [6, 6.07) is 13.7. The summed E-state index contributed by atoms with van der Waals surface area (Å²) in [7, 11) is 1.63. The second-order valence-corrected chi connectivity index (χ2v) is 7.73. The number of methoxy groups -OCH3 is 1. The predicted molar refractivity (Wildman–Crippen MR) is 111 cm³/mol. The first kappa shape index (κ1) is 18.3. The van der Waals surface area contributed by atoms with Crippen LogP contribution in [0.25, 0.3) is 10.9 Å². The Morgan fingerprint density at radius 1 is 1.29 bits per heavy atom. The predicted octanol–water partition coefficient (Wildman–Crippen LogP) is 4.07. The minimum Gasteiger partial charge on any atom is -0.497 e. The molecule has 3 heterocycles. The number of aromatic amines is 1. The van der Waals surface area contributed by atoms with E-state index in [1.54, 1.807) is 18.4 Å². The van der Waals surface area contributed by atoms with Crippen LogP contribution in [0.4, 0.5) is 0 Å². The third kappa shape index (κ3) is 3.53. The lowest BCUT2D eigenvalue weighted by molar-refractivity contribution is 0.0945. The number of aromatic nitrogens is 3. The molecule has 144 valence electrons. The summed E-state index contributed by atoms with van der Waals surface area (Å²) in [5.74, 6) is 0.613. The van der Waals surface area contributed by atoms with Gasteiger partial charge < -0.3 is 15.0 Å². The van der Waals surface area contributed by atoms with Gasteiger partial charge in [0.15, 0.2) is 0 Å². The normalized spacial score (nSPS) is 12.2. The molecule has 3 aromatic heterocycles. The van der Waals surface area contributed by atoms with Crippen molar-refractivity contribution in [3.63, 3.8) is 0 Å². The highest BCUT2D eigenvalue weighted by molar-refractivity contribution is 7.10. The van der Waals surface area contributed by atoms with Gasteiger partial charge >= 0.3 is 0 Å². The molecule has 0 aliphatic heterocycles. The molecule has 7 heteroatoms. The van der Waals surface area contributed by atoms with E-state index < -0.39 is 0 Å². The quantitative estimate of drug-likeness (QED) is 0.518. The lowest BCUT2D eigenvalue weighted by Crippen LogP contribution is -2.32. The number of carbonyl (C=O) groups is 1. The first-order valence-corrected chi connectivity index (χ1v) is 9.94. The van der Waals surface area contributed by atoms with Crippen molar-refractivity contribution in [1.82, 2.24) is 20.1 Å². The second-order valence-electron chi connectivity index (χ2n) is 6.75. The van der Waals surface area contributed by atoms with Gasteiger partial charge in [-0.15, -0.1) is 11.3 Å². The van der Waals surface area contributed by atoms with Crippen LogP contribution in [0, 0.1) is 13.8 Å². The number of benzene rings is 1. The van der Waals surface area contributed by atoms with Crippen molar-refractivity contribution in [2.45, 2.75) is 19.9 Å². The molecule has 4 aromatic rings. The van der Waals surface area contributed by atoms with E-state index in [0.717, 1.165) is 32.9 Å². The molecule has 0 radical (unpaired) electrons. The van der Waals surface area contributed by atoms with Crippen LogP contribution in [0.3, 0.4) is 0 Å². The molecule has 0 aliphatic rings. The van der Waals surface area contributed by atoms with Crippen molar-refractivity contribution >= 4 is 28.1 Å². The van der Waals surface area contributed by atoms with Gasteiger partial charge in [0.05, 0.1) is 12.8 Å². The molecular weight excluding hydrogens is 372 g/mol. The minimum absolute atomic E-state index is 0.0397. The van der Waals surface area contributed by atoms with Crippen molar-refractivity contribution in [3.05, 3.63) is 69.8 Å². The molecule has 0 bridgehead atoms. The molecule has 1 aromatic carbocycles. The molecule has 0 aliphatic carbocycles. The number of thiophene rings is 1. The van der Waals surface area contributed by atoms with Gasteiger partial charge in [0.2, 0.25) is 0 Å². The van der Waals surface area contributed by atoms with Crippen LogP contribution < -0.4 is 10.1 Å². The van der Waals surface area contributed by atoms with Gasteiger partial charge in [0.25, 0.3) is 5.91 Å². The number of aryl methyl sites for hydroxylation is 2. The lowest BCUT2D eigenvalue weighted by atomic mass is 10.2. The Morgan fingerprint density at radius 3 is 2.82 bits per heavy atom. The number of H-pyrrole nitrogens is 1. The van der Waals surface area contributed by atoms with Crippen molar-refractivity contribution in [1.29, 1.82) is 0 Å². The average molecular weight is 395 g/mol. The Hall–Kier alpha value is -3.06. The Balaban J connectivity index is 1.55. The molecule has 1 unspecified atom stereocenters. The highest BCUT2D eigenvalue weighted by atomic mass is 32.1. The Bertz CT molecular complexity index is 1110. The maximum Gasteiger partial charge on any atom is 0.267 e. The van der Waals surface area contributed by atoms with Crippen LogP contribution in [0.15, 0.2) is 47.8 Å². The van der Waals surface area contributed by atoms with Crippen molar-refractivity contribution in [2.24, 2.45) is 0 Å². The molecule has 2 N–H and O–H groups in total. The van der Waals surface area contributed by atoms with E-state index >= 15 is 0 Å². The summed E-state index contributed by atoms with van der Waals surface area (Å²) in [5.41, 5.74) is 3.44. The fourth-order valence-corrected chi connectivity index (χ4v) is 4.20. The molecule has 0 spiro atoms. The summed E-state index contributed by atoms with van der Waals surface area (Å²) in [4.78, 5) is 17.1. The molecule has 1 atom stereocenters. The lowest BCUT2D eigenvalue weighted by Gasteiger charge is -2.18. The number of nitrogens with one attached hydrogen (secondary N) is 2. The molecular formula is C21H22N4O2S. The van der Waals surface area contributed by atoms with Gasteiger partial charge in [-0.05, 0) is 49.6 Å². The molecule has 4 rings (SSSR count). The number of ether oxygens (including phenoxy) is 1. The van der Waals surface area contributed by atoms with Gasteiger partial charge in [0.1, 0.15) is 17.5 Å². The van der Waals surface area contributed by atoms with E-state index in [2.05, 4.69) is 21.5 Å². The van der Waals surface area contributed by atoms with Gasteiger partial charge in [-0.2, -0.15) is 5.10 Å². The van der Waals surface area contributed by atoms with Gasteiger partial charge in [0, 0.05) is 34.1 Å². The molecule has 0 fully saturated rings. The van der Waals surface area contributed by atoms with Gasteiger partial charge in [-0.1, -0.05) is 6.07 Å². The van der Waals surface area contributed by atoms with E-state index in [4.69, 9.17) is 4.74 Å². The first-order valence-electron chi connectivity index (χ1n) is 9.06. The Kier molecular flexibility index (Phi) is 4.92. The van der Waals surface area contributed by atoms with Crippen LogP contribution in [-0.2, 0) is 0 Å². The van der Waals surface area contributed by atoms with E-state index in [-0.39, 0.29) is 11.9 Å². The first-order chi connectivity index (χ1) is 13.5. The highest BCUT2D eigenvalue weighted by Gasteiger charge is 2.20. The summed E-state index contributed by atoms with van der Waals surface area (Å²) >= 11 is 1.67. The SMILES string of the molecule is COc1ccc2cc(C(=O)NCC(c3cccs3)n3nc(C)cc3C)[nH]c2c1. The summed E-state index contributed by atoms with van der Waals surface area (Å²) in [6.45, 7) is 4.47. The third-order valence-corrected chi connectivity index (χ3v) is 5.72. The smallest absolute Gasteiger partial charge is 0.267 e. The number of nitrogens with zero attached hydrogens (tertiary/aromatic N) is 2. The van der Waals surface area contributed by atoms with Gasteiger partial charge in [-0.3, -0.25) is 9.48 Å². The van der Waals surface area contributed by atoms with Crippen molar-refractivity contribution in [3.8, 4) is 5.75 Å². The van der Waals surface area contributed by atoms with E-state index in [9.17, 15) is 4.79 Å². The summed E-state index contributed by atoms with van der Waals surface area (Å²) in [6.07, 6.45) is 0. The van der Waals surface area contributed by atoms with Crippen LogP contribution in [0.1, 0.15) is 32.8 Å². The van der Waals surface area contributed by atoms with Crippen LogP contribution >= 0.6 is 11.3 Å². The number of hydrogen-bond acceptors (Lipinski definition) is 4. The fraction of sp³-hybridized carbons (Fsp3) is 0.238. The minimum atomic E-state index is -0.141. The number of fused-ring (bicyclic) bond motifs is 1. The molecule has 6 nitrogen and oxygen atoms in total. The van der Waals surface area contributed by atoms with Crippen LogP contribution in [0.2, 0.25) is 0 Å². The maximum absolute atomic E-state index is 12.8.